The third kappa shape index (κ3) is 3.43. The average molecular weight is 309 g/mol. The van der Waals surface area contributed by atoms with Crippen LogP contribution in [0.25, 0.3) is 11.1 Å². The molecule has 23 heavy (non-hydrogen) atoms. The van der Waals surface area contributed by atoms with Gasteiger partial charge in [0, 0.05) is 23.4 Å². The maximum absolute atomic E-state index is 13.4. The number of para-hydroxylation sites is 2. The lowest BCUT2D eigenvalue weighted by Gasteiger charge is -2.08. The van der Waals surface area contributed by atoms with E-state index < -0.39 is 11.6 Å². The third-order valence-electron chi connectivity index (χ3n) is 3.35. The summed E-state index contributed by atoms with van der Waals surface area (Å²) in [7, 11) is 0. The Morgan fingerprint density at radius 2 is 1.52 bits per heavy atom. The molecule has 0 aliphatic heterocycles. The van der Waals surface area contributed by atoms with Gasteiger partial charge in [-0.25, -0.2) is 8.78 Å². The van der Waals surface area contributed by atoms with Gasteiger partial charge in [0.25, 0.3) is 0 Å². The van der Waals surface area contributed by atoms with Crippen molar-refractivity contribution in [2.45, 2.75) is 0 Å². The van der Waals surface area contributed by atoms with Gasteiger partial charge in [-0.3, -0.25) is 4.99 Å². The van der Waals surface area contributed by atoms with Gasteiger partial charge in [-0.1, -0.05) is 30.3 Å². The summed E-state index contributed by atoms with van der Waals surface area (Å²) in [5.74, 6) is -1.46. The van der Waals surface area contributed by atoms with Crippen molar-refractivity contribution in [2.75, 3.05) is 0 Å². The van der Waals surface area contributed by atoms with Crippen LogP contribution in [0, 0.1) is 11.6 Å². The van der Waals surface area contributed by atoms with Crippen molar-refractivity contribution in [3.05, 3.63) is 83.9 Å². The van der Waals surface area contributed by atoms with Crippen LogP contribution in [-0.2, 0) is 0 Å². The van der Waals surface area contributed by atoms with Gasteiger partial charge in [-0.2, -0.15) is 0 Å². The Kier molecular flexibility index (Phi) is 4.15. The Labute approximate surface area is 132 Å². The number of aromatic hydroxyl groups is 1. The predicted molar refractivity (Wildman–Crippen MR) is 87.2 cm³/mol. The van der Waals surface area contributed by atoms with Crippen LogP contribution < -0.4 is 0 Å². The van der Waals surface area contributed by atoms with E-state index in [0.29, 0.717) is 11.1 Å². The average Bonchev–Trinajstić information content (AvgIpc) is 2.54. The molecule has 0 fully saturated rings. The standard InChI is InChI=1S/C19H13F2NO/c20-15-9-14(10-16(21)11-15)18-8-4-5-13(19(18)23)12-22-17-6-2-1-3-7-17/h1-12,23H. The number of phenolic OH excluding ortho intramolecular Hbond substituents is 1. The molecule has 0 aliphatic carbocycles. The van der Waals surface area contributed by atoms with Gasteiger partial charge >= 0.3 is 0 Å². The predicted octanol–water partition coefficient (Wildman–Crippen LogP) is 5.09. The number of aliphatic imine (C=N–C) groups is 1. The Morgan fingerprint density at radius 1 is 0.826 bits per heavy atom. The second kappa shape index (κ2) is 6.40. The Hall–Kier alpha value is -3.01. The summed E-state index contributed by atoms with van der Waals surface area (Å²) < 4.78 is 26.7. The van der Waals surface area contributed by atoms with E-state index in [4.69, 9.17) is 0 Å². The van der Waals surface area contributed by atoms with E-state index in [0.717, 1.165) is 11.8 Å². The van der Waals surface area contributed by atoms with Crippen molar-refractivity contribution < 1.29 is 13.9 Å². The number of phenols is 1. The van der Waals surface area contributed by atoms with E-state index in [-0.39, 0.29) is 11.3 Å². The molecule has 0 saturated heterocycles. The highest BCUT2D eigenvalue weighted by Crippen LogP contribution is 2.32. The lowest BCUT2D eigenvalue weighted by Crippen LogP contribution is -1.89. The quantitative estimate of drug-likeness (QED) is 0.672. The first-order valence-corrected chi connectivity index (χ1v) is 7.01. The molecule has 0 saturated carbocycles. The minimum absolute atomic E-state index is 0.0721. The number of rotatable bonds is 3. The maximum atomic E-state index is 13.4. The summed E-state index contributed by atoms with van der Waals surface area (Å²) in [5, 5.41) is 10.4. The van der Waals surface area contributed by atoms with Crippen molar-refractivity contribution in [3.63, 3.8) is 0 Å². The normalized spacial score (nSPS) is 11.0. The third-order valence-corrected chi connectivity index (χ3v) is 3.35. The van der Waals surface area contributed by atoms with Crippen LogP contribution >= 0.6 is 0 Å². The SMILES string of the molecule is Oc1c(C=Nc2ccccc2)cccc1-c1cc(F)cc(F)c1. The van der Waals surface area contributed by atoms with Gasteiger partial charge in [0.1, 0.15) is 17.4 Å². The molecule has 4 heteroatoms. The highest BCUT2D eigenvalue weighted by molar-refractivity contribution is 5.89. The van der Waals surface area contributed by atoms with Crippen molar-refractivity contribution in [3.8, 4) is 16.9 Å². The molecule has 3 aromatic rings. The Balaban J connectivity index is 2.00. The van der Waals surface area contributed by atoms with Gasteiger partial charge in [-0.15, -0.1) is 0 Å². The molecule has 3 rings (SSSR count). The summed E-state index contributed by atoms with van der Waals surface area (Å²) in [4.78, 5) is 4.27. The van der Waals surface area contributed by atoms with Crippen LogP contribution in [0.1, 0.15) is 5.56 Å². The van der Waals surface area contributed by atoms with Crippen LogP contribution in [0.3, 0.4) is 0 Å². The van der Waals surface area contributed by atoms with E-state index >= 15 is 0 Å². The van der Waals surface area contributed by atoms with E-state index in [1.165, 1.54) is 18.3 Å². The molecule has 0 spiro atoms. The van der Waals surface area contributed by atoms with Crippen LogP contribution in [0.2, 0.25) is 0 Å². The van der Waals surface area contributed by atoms with Crippen molar-refractivity contribution in [2.24, 2.45) is 4.99 Å². The molecule has 0 unspecified atom stereocenters. The summed E-state index contributed by atoms with van der Waals surface area (Å²) in [6.45, 7) is 0. The molecule has 0 heterocycles. The van der Waals surface area contributed by atoms with Crippen LogP contribution in [0.5, 0.6) is 5.75 Å². The van der Waals surface area contributed by atoms with Gasteiger partial charge < -0.3 is 5.11 Å². The molecule has 0 aromatic heterocycles. The molecule has 0 aliphatic rings. The molecule has 0 atom stereocenters. The summed E-state index contributed by atoms with van der Waals surface area (Å²) >= 11 is 0. The highest BCUT2D eigenvalue weighted by atomic mass is 19.1. The molecule has 3 aromatic carbocycles. The summed E-state index contributed by atoms with van der Waals surface area (Å²) in [6, 6.07) is 17.4. The molecule has 0 amide bonds. The number of hydrogen-bond acceptors (Lipinski definition) is 2. The minimum atomic E-state index is -0.692. The summed E-state index contributed by atoms with van der Waals surface area (Å²) in [5.41, 5.74) is 1.83. The number of hydrogen-bond donors (Lipinski definition) is 1. The monoisotopic (exact) mass is 309 g/mol. The van der Waals surface area contributed by atoms with E-state index in [1.807, 2.05) is 30.3 Å². The van der Waals surface area contributed by atoms with Crippen molar-refractivity contribution in [1.29, 1.82) is 0 Å². The second-order valence-corrected chi connectivity index (χ2v) is 5.00. The van der Waals surface area contributed by atoms with Gasteiger partial charge in [-0.05, 0) is 35.9 Å². The number of benzene rings is 3. The zero-order valence-corrected chi connectivity index (χ0v) is 12.1. The van der Waals surface area contributed by atoms with Crippen LogP contribution in [-0.4, -0.2) is 11.3 Å². The minimum Gasteiger partial charge on any atom is -0.507 e. The smallest absolute Gasteiger partial charge is 0.132 e. The fourth-order valence-electron chi connectivity index (χ4n) is 2.27. The molecular weight excluding hydrogens is 296 g/mol. The van der Waals surface area contributed by atoms with Crippen molar-refractivity contribution in [1.82, 2.24) is 0 Å². The van der Waals surface area contributed by atoms with Gasteiger partial charge in [0.05, 0.1) is 5.69 Å². The first kappa shape index (κ1) is 14.9. The molecule has 114 valence electrons. The fraction of sp³-hybridized carbons (Fsp3) is 0. The molecule has 1 N–H and O–H groups in total. The molecule has 0 radical (unpaired) electrons. The largest absolute Gasteiger partial charge is 0.507 e. The van der Waals surface area contributed by atoms with Crippen LogP contribution in [0.4, 0.5) is 14.5 Å². The number of nitrogens with zero attached hydrogens (tertiary/aromatic N) is 1. The second-order valence-electron chi connectivity index (χ2n) is 5.00. The van der Waals surface area contributed by atoms with E-state index in [9.17, 15) is 13.9 Å². The zero-order valence-electron chi connectivity index (χ0n) is 12.1. The van der Waals surface area contributed by atoms with E-state index in [1.54, 1.807) is 18.2 Å². The molecular formula is C19H13F2NO. The van der Waals surface area contributed by atoms with Gasteiger partial charge in [0.2, 0.25) is 0 Å². The fourth-order valence-corrected chi connectivity index (χ4v) is 2.27. The van der Waals surface area contributed by atoms with Crippen LogP contribution in [0.15, 0.2) is 71.7 Å². The first-order valence-electron chi connectivity index (χ1n) is 7.01. The Bertz CT molecular complexity index is 840. The first-order chi connectivity index (χ1) is 11.1. The summed E-state index contributed by atoms with van der Waals surface area (Å²) in [6.07, 6.45) is 1.52. The number of halogens is 2. The lowest BCUT2D eigenvalue weighted by molar-refractivity contribution is 0.476. The van der Waals surface area contributed by atoms with Crippen molar-refractivity contribution >= 4 is 11.9 Å². The van der Waals surface area contributed by atoms with Gasteiger partial charge in [0.15, 0.2) is 0 Å². The maximum Gasteiger partial charge on any atom is 0.132 e. The Morgan fingerprint density at radius 3 is 2.22 bits per heavy atom. The topological polar surface area (TPSA) is 32.6 Å². The zero-order chi connectivity index (χ0) is 16.2. The lowest BCUT2D eigenvalue weighted by atomic mass is 10.0. The highest BCUT2D eigenvalue weighted by Gasteiger charge is 2.10. The molecule has 0 bridgehead atoms. The van der Waals surface area contributed by atoms with E-state index in [2.05, 4.69) is 4.99 Å². The molecule has 2 nitrogen and oxygen atoms in total.